The van der Waals surface area contributed by atoms with E-state index in [9.17, 15) is 8.42 Å². The van der Waals surface area contributed by atoms with Crippen molar-refractivity contribution in [3.8, 4) is 0 Å². The molecule has 0 aromatic carbocycles. The van der Waals surface area contributed by atoms with Gasteiger partial charge in [0.05, 0.1) is 0 Å². The minimum Gasteiger partial charge on any atom is -0.384 e. The molecule has 2 rings (SSSR count). The van der Waals surface area contributed by atoms with E-state index in [0.717, 1.165) is 19.6 Å². The molecule has 2 N–H and O–H groups in total. The molecular formula is C11H18N4O2S. The molecule has 1 aromatic heterocycles. The Morgan fingerprint density at radius 1 is 1.28 bits per heavy atom. The Balaban J connectivity index is 2.15. The summed E-state index contributed by atoms with van der Waals surface area (Å²) in [6.07, 6.45) is 1.32. The topological polar surface area (TPSA) is 79.5 Å². The lowest BCUT2D eigenvalue weighted by Gasteiger charge is -2.33. The van der Waals surface area contributed by atoms with Gasteiger partial charge in [-0.3, -0.25) is 0 Å². The van der Waals surface area contributed by atoms with Gasteiger partial charge in [-0.2, -0.15) is 4.31 Å². The monoisotopic (exact) mass is 270 g/mol. The Bertz CT molecular complexity index is 492. The van der Waals surface area contributed by atoms with Gasteiger partial charge in [0.25, 0.3) is 0 Å². The number of nitrogens with two attached hydrogens (primary N) is 1. The summed E-state index contributed by atoms with van der Waals surface area (Å²) in [5.41, 5.74) is 5.46. The van der Waals surface area contributed by atoms with Crippen LogP contribution in [0.1, 0.15) is 6.92 Å². The minimum atomic E-state index is -3.42. The molecule has 0 radical (unpaired) electrons. The molecule has 0 bridgehead atoms. The van der Waals surface area contributed by atoms with Crippen LogP contribution >= 0.6 is 0 Å². The van der Waals surface area contributed by atoms with E-state index in [1.807, 2.05) is 0 Å². The number of likely N-dealkylation sites (N-methyl/N-ethyl adjacent to an activating group) is 1. The summed E-state index contributed by atoms with van der Waals surface area (Å²) < 4.78 is 26.1. The van der Waals surface area contributed by atoms with E-state index < -0.39 is 10.0 Å². The highest BCUT2D eigenvalue weighted by atomic mass is 32.2. The third kappa shape index (κ3) is 2.63. The van der Waals surface area contributed by atoms with Crippen LogP contribution in [0.5, 0.6) is 0 Å². The van der Waals surface area contributed by atoms with Crippen LogP contribution < -0.4 is 5.73 Å². The van der Waals surface area contributed by atoms with Gasteiger partial charge in [-0.25, -0.2) is 13.4 Å². The van der Waals surface area contributed by atoms with Crippen LogP contribution in [-0.2, 0) is 10.0 Å². The van der Waals surface area contributed by atoms with Crippen molar-refractivity contribution in [1.82, 2.24) is 14.2 Å². The quantitative estimate of drug-likeness (QED) is 0.835. The summed E-state index contributed by atoms with van der Waals surface area (Å²) in [5, 5.41) is 0. The first kappa shape index (κ1) is 13.3. The highest BCUT2D eigenvalue weighted by molar-refractivity contribution is 7.89. The number of nitrogens with zero attached hydrogens (tertiary/aromatic N) is 3. The van der Waals surface area contributed by atoms with Crippen molar-refractivity contribution in [2.75, 3.05) is 38.5 Å². The van der Waals surface area contributed by atoms with Crippen molar-refractivity contribution in [3.05, 3.63) is 18.3 Å². The molecular weight excluding hydrogens is 252 g/mol. The highest BCUT2D eigenvalue weighted by Gasteiger charge is 2.28. The molecule has 0 atom stereocenters. The fourth-order valence-electron chi connectivity index (χ4n) is 1.98. The van der Waals surface area contributed by atoms with E-state index in [2.05, 4.69) is 16.8 Å². The van der Waals surface area contributed by atoms with Crippen molar-refractivity contribution < 1.29 is 8.42 Å². The largest absolute Gasteiger partial charge is 0.384 e. The first-order chi connectivity index (χ1) is 8.54. The minimum absolute atomic E-state index is 0.210. The van der Waals surface area contributed by atoms with Crippen molar-refractivity contribution in [1.29, 1.82) is 0 Å². The molecule has 100 valence electrons. The molecule has 1 aromatic rings. The molecule has 18 heavy (non-hydrogen) atoms. The number of nitrogen functional groups attached to an aromatic ring is 1. The van der Waals surface area contributed by atoms with E-state index in [1.165, 1.54) is 22.6 Å². The number of rotatable bonds is 3. The Morgan fingerprint density at radius 2 is 1.94 bits per heavy atom. The number of sulfonamides is 1. The lowest BCUT2D eigenvalue weighted by Crippen LogP contribution is -2.48. The molecule has 1 saturated heterocycles. The lowest BCUT2D eigenvalue weighted by molar-refractivity contribution is 0.196. The molecule has 0 aliphatic carbocycles. The second-order valence-electron chi connectivity index (χ2n) is 4.26. The lowest BCUT2D eigenvalue weighted by atomic mass is 10.4. The van der Waals surface area contributed by atoms with Crippen molar-refractivity contribution in [3.63, 3.8) is 0 Å². The molecule has 0 unspecified atom stereocenters. The normalized spacial score (nSPS) is 18.9. The molecule has 0 saturated carbocycles. The summed E-state index contributed by atoms with van der Waals surface area (Å²) in [5.74, 6) is 0.324. The average molecular weight is 270 g/mol. The Kier molecular flexibility index (Phi) is 3.84. The maximum Gasteiger partial charge on any atom is 0.244 e. The fraction of sp³-hybridized carbons (Fsp3) is 0.545. The van der Waals surface area contributed by atoms with Gasteiger partial charge in [0, 0.05) is 32.4 Å². The first-order valence-electron chi connectivity index (χ1n) is 5.98. The third-order valence-electron chi connectivity index (χ3n) is 3.18. The Morgan fingerprint density at radius 3 is 2.44 bits per heavy atom. The Labute approximate surface area is 107 Å². The standard InChI is InChI=1S/C11H18N4O2S/c1-2-14-5-7-15(8-6-14)18(16,17)10-3-4-11(12)13-9-10/h3-4,9H,2,5-8H2,1H3,(H2,12,13). The molecule has 6 nitrogen and oxygen atoms in total. The van der Waals surface area contributed by atoms with Gasteiger partial charge in [0.1, 0.15) is 10.7 Å². The van der Waals surface area contributed by atoms with E-state index >= 15 is 0 Å². The van der Waals surface area contributed by atoms with Gasteiger partial charge in [-0.1, -0.05) is 6.92 Å². The van der Waals surface area contributed by atoms with Crippen molar-refractivity contribution >= 4 is 15.8 Å². The predicted molar refractivity (Wildman–Crippen MR) is 69.5 cm³/mol. The van der Waals surface area contributed by atoms with Gasteiger partial charge < -0.3 is 10.6 Å². The SMILES string of the molecule is CCN1CCN(S(=O)(=O)c2ccc(N)nc2)CC1. The number of hydrogen-bond acceptors (Lipinski definition) is 5. The molecule has 2 heterocycles. The van der Waals surface area contributed by atoms with Crippen LogP contribution in [0.25, 0.3) is 0 Å². The summed E-state index contributed by atoms with van der Waals surface area (Å²) in [6.45, 7) is 5.64. The van der Waals surface area contributed by atoms with Gasteiger partial charge in [0.15, 0.2) is 0 Å². The highest BCUT2D eigenvalue weighted by Crippen LogP contribution is 2.17. The average Bonchev–Trinajstić information content (AvgIpc) is 2.39. The van der Waals surface area contributed by atoms with Crippen LogP contribution in [0.15, 0.2) is 23.2 Å². The zero-order valence-corrected chi connectivity index (χ0v) is 11.2. The number of hydrogen-bond donors (Lipinski definition) is 1. The Hall–Kier alpha value is -1.18. The van der Waals surface area contributed by atoms with Gasteiger partial charge in [-0.05, 0) is 18.7 Å². The van der Waals surface area contributed by atoms with Crippen molar-refractivity contribution in [2.45, 2.75) is 11.8 Å². The summed E-state index contributed by atoms with van der Waals surface area (Å²) in [4.78, 5) is 6.27. The molecule has 1 aliphatic rings. The summed E-state index contributed by atoms with van der Waals surface area (Å²) in [6, 6.07) is 3.01. The smallest absolute Gasteiger partial charge is 0.244 e. The summed E-state index contributed by atoms with van der Waals surface area (Å²) >= 11 is 0. The van der Waals surface area contributed by atoms with E-state index in [4.69, 9.17) is 5.73 Å². The molecule has 0 spiro atoms. The fourth-order valence-corrected chi connectivity index (χ4v) is 3.35. The van der Waals surface area contributed by atoms with E-state index in [0.29, 0.717) is 18.9 Å². The first-order valence-corrected chi connectivity index (χ1v) is 7.42. The van der Waals surface area contributed by atoms with Crippen molar-refractivity contribution in [2.24, 2.45) is 0 Å². The van der Waals surface area contributed by atoms with E-state index in [-0.39, 0.29) is 4.90 Å². The van der Waals surface area contributed by atoms with E-state index in [1.54, 1.807) is 0 Å². The number of aromatic nitrogens is 1. The number of pyridine rings is 1. The van der Waals surface area contributed by atoms with Gasteiger partial charge in [-0.15, -0.1) is 0 Å². The number of piperazine rings is 1. The van der Waals surface area contributed by atoms with Gasteiger partial charge >= 0.3 is 0 Å². The number of anilines is 1. The summed E-state index contributed by atoms with van der Waals surface area (Å²) in [7, 11) is -3.42. The van der Waals surface area contributed by atoms with Crippen LogP contribution in [0.3, 0.4) is 0 Å². The zero-order chi connectivity index (χ0) is 13.2. The van der Waals surface area contributed by atoms with Crippen LogP contribution in [-0.4, -0.2) is 55.3 Å². The molecule has 0 amide bonds. The van der Waals surface area contributed by atoms with Crippen LogP contribution in [0.4, 0.5) is 5.82 Å². The maximum atomic E-state index is 12.3. The third-order valence-corrected chi connectivity index (χ3v) is 5.06. The zero-order valence-electron chi connectivity index (χ0n) is 10.4. The van der Waals surface area contributed by atoms with Gasteiger partial charge in [0.2, 0.25) is 10.0 Å². The second-order valence-corrected chi connectivity index (χ2v) is 6.20. The maximum absolute atomic E-state index is 12.3. The van der Waals surface area contributed by atoms with Crippen LogP contribution in [0, 0.1) is 0 Å². The predicted octanol–water partition coefficient (Wildman–Crippen LogP) is -0.0100. The molecule has 7 heteroatoms. The molecule has 1 aliphatic heterocycles. The second kappa shape index (κ2) is 5.21. The molecule has 1 fully saturated rings. The van der Waals surface area contributed by atoms with Crippen LogP contribution in [0.2, 0.25) is 0 Å².